The van der Waals surface area contributed by atoms with Crippen molar-refractivity contribution in [2.75, 3.05) is 0 Å². The summed E-state index contributed by atoms with van der Waals surface area (Å²) in [5.41, 5.74) is 24.3. The third-order valence-electron chi connectivity index (χ3n) is 25.3. The van der Waals surface area contributed by atoms with Crippen LogP contribution < -0.4 is 0 Å². The Balaban J connectivity index is 0.0000000978. The van der Waals surface area contributed by atoms with E-state index in [9.17, 15) is 0 Å². The normalized spacial score (nSPS) is 11.6. The molecule has 26 rings (SSSR count). The maximum Gasteiger partial charge on any atom is 0.0625 e. The maximum absolute atomic E-state index is 3.64. The van der Waals surface area contributed by atoms with Crippen LogP contribution in [0.1, 0.15) is 0 Å². The fraction of sp³-hybridized carbons (Fsp3) is 0. The zero-order valence-electron chi connectivity index (χ0n) is 69.2. The molecule has 0 saturated heterocycles. The molecule has 0 aliphatic carbocycles. The van der Waals surface area contributed by atoms with Crippen LogP contribution in [0.4, 0.5) is 0 Å². The van der Waals surface area contributed by atoms with E-state index in [4.69, 9.17) is 0 Å². The molecular formula is C120H76Br4N4. The van der Waals surface area contributed by atoms with Crippen LogP contribution in [0.2, 0.25) is 0 Å². The maximum atomic E-state index is 3.64. The molecule has 0 radical (unpaired) electrons. The van der Waals surface area contributed by atoms with Crippen molar-refractivity contribution in [1.82, 2.24) is 18.3 Å². The molecule has 0 aliphatic heterocycles. The third kappa shape index (κ3) is 13.9. The van der Waals surface area contributed by atoms with Gasteiger partial charge in [-0.2, -0.15) is 0 Å². The van der Waals surface area contributed by atoms with E-state index in [1.165, 1.54) is 219 Å². The van der Waals surface area contributed by atoms with Gasteiger partial charge in [-0.3, -0.25) is 0 Å². The first-order chi connectivity index (χ1) is 63.2. The van der Waals surface area contributed by atoms with E-state index in [2.05, 4.69) is 543 Å². The number of hydrogen-bond acceptors (Lipinski definition) is 0. The minimum Gasteiger partial charge on any atom is -0.309 e. The van der Waals surface area contributed by atoms with Crippen LogP contribution >= 0.6 is 63.7 Å². The summed E-state index contributed by atoms with van der Waals surface area (Å²) in [7, 11) is 0. The van der Waals surface area contributed by atoms with Gasteiger partial charge in [-0.05, 0) is 226 Å². The van der Waals surface area contributed by atoms with Gasteiger partial charge in [0, 0.05) is 99.9 Å². The molecule has 8 heteroatoms. The quantitative estimate of drug-likeness (QED) is 0.135. The Morgan fingerprint density at radius 1 is 0.133 bits per heavy atom. The van der Waals surface area contributed by atoms with Gasteiger partial charge in [0.15, 0.2) is 0 Å². The molecule has 128 heavy (non-hydrogen) atoms. The molecule has 4 aromatic heterocycles. The van der Waals surface area contributed by atoms with Crippen molar-refractivity contribution in [1.29, 1.82) is 0 Å². The summed E-state index contributed by atoms with van der Waals surface area (Å²) in [5.74, 6) is 0. The Hall–Kier alpha value is -14.5. The molecule has 0 bridgehead atoms. The molecular weight excluding hydrogens is 1820 g/mol. The molecule has 0 unspecified atom stereocenters. The zero-order chi connectivity index (χ0) is 85.5. The van der Waals surface area contributed by atoms with Gasteiger partial charge in [-0.15, -0.1) is 0 Å². The number of nitrogens with zero attached hydrogens (tertiary/aromatic N) is 4. The van der Waals surface area contributed by atoms with Crippen molar-refractivity contribution < 1.29 is 0 Å². The van der Waals surface area contributed by atoms with Crippen LogP contribution in [0.25, 0.3) is 219 Å². The predicted octanol–water partition coefficient (Wildman–Crippen LogP) is 35.8. The van der Waals surface area contributed by atoms with Crippen LogP contribution in [0.5, 0.6) is 0 Å². The van der Waals surface area contributed by atoms with E-state index in [-0.39, 0.29) is 0 Å². The largest absolute Gasteiger partial charge is 0.309 e. The summed E-state index contributed by atoms with van der Waals surface area (Å²) in [6, 6.07) is 166. The second kappa shape index (κ2) is 33.1. The van der Waals surface area contributed by atoms with E-state index in [1.807, 2.05) is 0 Å². The fourth-order valence-electron chi connectivity index (χ4n) is 19.7. The van der Waals surface area contributed by atoms with E-state index in [1.54, 1.807) is 0 Å². The highest BCUT2D eigenvalue weighted by Crippen LogP contribution is 2.48. The van der Waals surface area contributed by atoms with Crippen molar-refractivity contribution in [2.45, 2.75) is 0 Å². The fourth-order valence-corrected chi connectivity index (χ4v) is 21.3. The van der Waals surface area contributed by atoms with E-state index < -0.39 is 0 Å². The van der Waals surface area contributed by atoms with E-state index in [0.717, 1.165) is 17.9 Å². The lowest BCUT2D eigenvalue weighted by atomic mass is 9.96. The first kappa shape index (κ1) is 78.3. The summed E-state index contributed by atoms with van der Waals surface area (Å²) < 4.78 is 14.0. The van der Waals surface area contributed by atoms with Gasteiger partial charge in [0.1, 0.15) is 0 Å². The first-order valence-electron chi connectivity index (χ1n) is 43.1. The summed E-state index contributed by atoms with van der Waals surface area (Å²) in [6.07, 6.45) is 0. The standard InChI is InChI=1S/2C32H20BrN.2C28H18BrN/c33-23-10-8-9-21(19-23)22-17-18-30-29(20-22)31-27-15-6-4-13-25(27)26-14-5-7-16-28(26)32(31)34(30)24-11-2-1-3-12-24;33-23-10-8-9-21(19-23)22-17-18-29-30(20-22)34(24-11-2-1-3-12-24)32-28-16-7-5-14-26(28)25-13-4-6-15-27(25)31(29)32;29-22-9-6-8-20(17-22)21-14-15-25-26-16-13-19-7-4-5-12-24(19)28(26)30(27(25)18-21)23-10-2-1-3-11-23;29-22-9-6-8-20(17-22)21-13-15-25-27(18-21)30(23-10-2-1-3-11-23)26-16-14-19-7-4-5-12-24(19)28(25)26/h2*1-20H;2*1-18H. The topological polar surface area (TPSA) is 19.7 Å². The number of halogens is 4. The van der Waals surface area contributed by atoms with Gasteiger partial charge in [0.05, 0.1) is 44.1 Å². The molecule has 0 spiro atoms. The van der Waals surface area contributed by atoms with E-state index in [0.29, 0.717) is 0 Å². The lowest BCUT2D eigenvalue weighted by Gasteiger charge is -2.12. The van der Waals surface area contributed by atoms with Gasteiger partial charge in [-0.25, -0.2) is 0 Å². The van der Waals surface area contributed by atoms with Crippen LogP contribution in [0.3, 0.4) is 0 Å². The van der Waals surface area contributed by atoms with Crippen LogP contribution in [-0.2, 0) is 0 Å². The number of para-hydroxylation sites is 4. The van der Waals surface area contributed by atoms with Gasteiger partial charge in [-0.1, -0.05) is 391 Å². The van der Waals surface area contributed by atoms with Gasteiger partial charge < -0.3 is 18.3 Å². The van der Waals surface area contributed by atoms with E-state index >= 15 is 0 Å². The highest BCUT2D eigenvalue weighted by Gasteiger charge is 2.24. The molecule has 4 nitrogen and oxygen atoms in total. The van der Waals surface area contributed by atoms with Crippen LogP contribution in [0, 0.1) is 0 Å². The molecule has 0 amide bonds. The van der Waals surface area contributed by atoms with Crippen molar-refractivity contribution in [3.05, 3.63) is 479 Å². The minimum atomic E-state index is 1.09. The Kier molecular flexibility index (Phi) is 20.3. The smallest absolute Gasteiger partial charge is 0.0625 e. The van der Waals surface area contributed by atoms with Crippen molar-refractivity contribution in [3.63, 3.8) is 0 Å². The molecule has 0 fully saturated rings. The monoisotopic (exact) mass is 1890 g/mol. The number of hydrogen-bond donors (Lipinski definition) is 0. The lowest BCUT2D eigenvalue weighted by molar-refractivity contribution is 1.18. The average Bonchev–Trinajstić information content (AvgIpc) is 1.54. The third-order valence-corrected chi connectivity index (χ3v) is 27.2. The number of aromatic nitrogens is 4. The van der Waals surface area contributed by atoms with Crippen molar-refractivity contribution in [2.24, 2.45) is 0 Å². The van der Waals surface area contributed by atoms with Crippen LogP contribution in [-0.4, -0.2) is 18.3 Å². The molecule has 4 heterocycles. The van der Waals surface area contributed by atoms with Gasteiger partial charge >= 0.3 is 0 Å². The summed E-state index contributed by atoms with van der Waals surface area (Å²) in [6.45, 7) is 0. The Morgan fingerprint density at radius 2 is 0.414 bits per heavy atom. The van der Waals surface area contributed by atoms with Crippen molar-refractivity contribution in [3.8, 4) is 67.3 Å². The molecule has 604 valence electrons. The Bertz CT molecular complexity index is 8780. The van der Waals surface area contributed by atoms with Gasteiger partial charge in [0.2, 0.25) is 0 Å². The predicted molar refractivity (Wildman–Crippen MR) is 561 cm³/mol. The molecule has 26 aromatic rings. The Morgan fingerprint density at radius 3 is 0.867 bits per heavy atom. The minimum absolute atomic E-state index is 1.09. The molecule has 22 aromatic carbocycles. The number of rotatable bonds is 8. The molecule has 0 saturated carbocycles. The second-order valence-corrected chi connectivity index (χ2v) is 36.3. The first-order valence-corrected chi connectivity index (χ1v) is 46.3. The SMILES string of the molecule is Brc1cccc(-c2ccc3c(c2)c2c4ccccc4c4ccccc4c2n3-c2ccccc2)c1.Brc1cccc(-c2ccc3c4c5ccccc5c5ccccc5c4n(-c4ccccc4)c3c2)c1.Brc1cccc(-c2ccc3c4c5ccccc5ccc4n(-c4ccccc4)c3c2)c1.Brc1cccc(-c2ccc3c4ccc5ccccc5c4n(-c4ccccc4)c3c2)c1. The number of fused-ring (bicyclic) bond motifs is 26. The number of benzene rings is 22. The summed E-state index contributed by atoms with van der Waals surface area (Å²) in [4.78, 5) is 0. The van der Waals surface area contributed by atoms with Crippen molar-refractivity contribution >= 4 is 216 Å². The van der Waals surface area contributed by atoms with Gasteiger partial charge in [0.25, 0.3) is 0 Å². The van der Waals surface area contributed by atoms with Crippen LogP contribution in [0.15, 0.2) is 479 Å². The zero-order valence-corrected chi connectivity index (χ0v) is 75.5. The average molecular weight is 1890 g/mol. The summed E-state index contributed by atoms with van der Waals surface area (Å²) in [5, 5.41) is 25.8. The summed E-state index contributed by atoms with van der Waals surface area (Å²) >= 11 is 14.5. The molecule has 0 aliphatic rings. The highest BCUT2D eigenvalue weighted by atomic mass is 79.9. The Labute approximate surface area is 773 Å². The molecule has 0 atom stereocenters. The highest BCUT2D eigenvalue weighted by molar-refractivity contribution is 9.11. The lowest BCUT2D eigenvalue weighted by Crippen LogP contribution is -1.94. The molecule has 0 N–H and O–H groups in total. The second-order valence-electron chi connectivity index (χ2n) is 32.6.